The molecule has 0 unspecified atom stereocenters. The second-order valence-electron chi connectivity index (χ2n) is 6.27. The highest BCUT2D eigenvalue weighted by atomic mass is 32.1. The molecule has 3 aromatic rings. The Morgan fingerprint density at radius 1 is 1.14 bits per heavy atom. The minimum atomic E-state index is -0.0451. The van der Waals surface area contributed by atoms with Crippen molar-refractivity contribution in [2.24, 2.45) is 0 Å². The third-order valence-corrected chi connectivity index (χ3v) is 4.84. The normalized spacial score (nSPS) is 10.7. The van der Waals surface area contributed by atoms with E-state index in [1.54, 1.807) is 11.3 Å². The van der Waals surface area contributed by atoms with E-state index in [4.69, 9.17) is 14.0 Å². The smallest absolute Gasteiger partial charge is 0.227 e. The first kappa shape index (κ1) is 20.9. The largest absolute Gasteiger partial charge is 0.490 e. The van der Waals surface area contributed by atoms with Crippen molar-refractivity contribution in [3.8, 4) is 22.9 Å². The minimum Gasteiger partial charge on any atom is -0.490 e. The van der Waals surface area contributed by atoms with Crippen molar-refractivity contribution < 1.29 is 18.8 Å². The number of thiophene rings is 1. The van der Waals surface area contributed by atoms with Crippen LogP contribution < -0.4 is 14.8 Å². The van der Waals surface area contributed by atoms with Crippen molar-refractivity contribution in [2.75, 3.05) is 19.8 Å². The number of ether oxygens (including phenoxy) is 2. The van der Waals surface area contributed by atoms with Crippen molar-refractivity contribution in [1.82, 2.24) is 15.5 Å². The highest BCUT2D eigenvalue weighted by molar-refractivity contribution is 7.08. The Hall–Kier alpha value is -2.87. The van der Waals surface area contributed by atoms with Crippen LogP contribution in [0.1, 0.15) is 31.7 Å². The number of nitrogens with zero attached hydrogens (tertiary/aromatic N) is 2. The molecule has 0 bridgehead atoms. The summed E-state index contributed by atoms with van der Waals surface area (Å²) in [4.78, 5) is 16.4. The zero-order valence-corrected chi connectivity index (χ0v) is 17.5. The van der Waals surface area contributed by atoms with E-state index in [1.165, 1.54) is 0 Å². The van der Waals surface area contributed by atoms with E-state index in [-0.39, 0.29) is 5.91 Å². The summed E-state index contributed by atoms with van der Waals surface area (Å²) in [5.41, 5.74) is 2.01. The first-order valence-electron chi connectivity index (χ1n) is 9.70. The Labute approximate surface area is 174 Å². The summed E-state index contributed by atoms with van der Waals surface area (Å²) in [6, 6.07) is 7.80. The maximum absolute atomic E-state index is 12.1. The lowest BCUT2D eigenvalue weighted by atomic mass is 10.1. The van der Waals surface area contributed by atoms with Gasteiger partial charge in [-0.25, -0.2) is 0 Å². The number of hydrogen-bond acceptors (Lipinski definition) is 7. The fraction of sp³-hybridized carbons (Fsp3) is 0.381. The van der Waals surface area contributed by atoms with Gasteiger partial charge in [0.1, 0.15) is 0 Å². The van der Waals surface area contributed by atoms with Gasteiger partial charge in [0.2, 0.25) is 17.6 Å². The molecule has 0 aliphatic heterocycles. The molecule has 29 heavy (non-hydrogen) atoms. The number of carbonyl (C=O) groups excluding carboxylic acids is 1. The van der Waals surface area contributed by atoms with E-state index >= 15 is 0 Å². The Kier molecular flexibility index (Phi) is 7.63. The number of amides is 1. The zero-order chi connectivity index (χ0) is 20.5. The van der Waals surface area contributed by atoms with Crippen LogP contribution in [0.15, 0.2) is 39.5 Å². The van der Waals surface area contributed by atoms with E-state index in [2.05, 4.69) is 15.5 Å². The molecule has 7 nitrogen and oxygen atoms in total. The van der Waals surface area contributed by atoms with Crippen LogP contribution in [0.4, 0.5) is 0 Å². The summed E-state index contributed by atoms with van der Waals surface area (Å²) in [6.07, 6.45) is 1.43. The molecule has 2 heterocycles. The number of hydrogen-bond donors (Lipinski definition) is 1. The number of carbonyl (C=O) groups is 1. The van der Waals surface area contributed by atoms with Gasteiger partial charge < -0.3 is 19.3 Å². The van der Waals surface area contributed by atoms with Crippen molar-refractivity contribution >= 4 is 17.2 Å². The molecular formula is C21H25N3O4S. The molecule has 0 spiro atoms. The van der Waals surface area contributed by atoms with Crippen LogP contribution in [0.25, 0.3) is 11.4 Å². The van der Waals surface area contributed by atoms with Crippen LogP contribution in [0.2, 0.25) is 0 Å². The lowest BCUT2D eigenvalue weighted by molar-refractivity contribution is -0.121. The van der Waals surface area contributed by atoms with Gasteiger partial charge in [-0.05, 0) is 49.4 Å². The molecule has 1 amide bonds. The topological polar surface area (TPSA) is 86.5 Å². The van der Waals surface area contributed by atoms with Crippen molar-refractivity contribution in [3.05, 3.63) is 46.5 Å². The first-order valence-corrected chi connectivity index (χ1v) is 10.6. The SMILES string of the molecule is CCOc1ccc(CCNC(=O)CCc2nc(-c3ccsc3)no2)cc1OCC. The summed E-state index contributed by atoms with van der Waals surface area (Å²) >= 11 is 1.58. The average Bonchev–Trinajstić information content (AvgIpc) is 3.40. The maximum atomic E-state index is 12.1. The summed E-state index contributed by atoms with van der Waals surface area (Å²) < 4.78 is 16.4. The van der Waals surface area contributed by atoms with Gasteiger partial charge in [0.15, 0.2) is 11.5 Å². The molecule has 1 aromatic carbocycles. The maximum Gasteiger partial charge on any atom is 0.227 e. The number of nitrogens with one attached hydrogen (secondary N) is 1. The summed E-state index contributed by atoms with van der Waals surface area (Å²) in [7, 11) is 0. The van der Waals surface area contributed by atoms with Crippen LogP contribution in [0, 0.1) is 0 Å². The van der Waals surface area contributed by atoms with Gasteiger partial charge in [0.25, 0.3) is 0 Å². The predicted octanol–water partition coefficient (Wildman–Crippen LogP) is 3.89. The molecule has 1 N–H and O–H groups in total. The van der Waals surface area contributed by atoms with Gasteiger partial charge in [0, 0.05) is 30.3 Å². The van der Waals surface area contributed by atoms with Gasteiger partial charge in [-0.1, -0.05) is 11.2 Å². The molecular weight excluding hydrogens is 390 g/mol. The second-order valence-corrected chi connectivity index (χ2v) is 7.05. The number of benzene rings is 1. The third-order valence-electron chi connectivity index (χ3n) is 4.16. The Morgan fingerprint density at radius 3 is 2.72 bits per heavy atom. The fourth-order valence-corrected chi connectivity index (χ4v) is 3.41. The molecule has 154 valence electrons. The van der Waals surface area contributed by atoms with E-state index in [9.17, 15) is 4.79 Å². The average molecular weight is 416 g/mol. The molecule has 0 aliphatic carbocycles. The highest BCUT2D eigenvalue weighted by Crippen LogP contribution is 2.28. The molecule has 2 aromatic heterocycles. The van der Waals surface area contributed by atoms with Crippen molar-refractivity contribution in [2.45, 2.75) is 33.1 Å². The van der Waals surface area contributed by atoms with E-state index in [1.807, 2.05) is 48.9 Å². The number of aromatic nitrogens is 2. The summed E-state index contributed by atoms with van der Waals surface area (Å²) in [5.74, 6) is 2.45. The Balaban J connectivity index is 1.43. The molecule has 0 aliphatic rings. The molecule has 0 saturated carbocycles. The molecule has 8 heteroatoms. The monoisotopic (exact) mass is 415 g/mol. The predicted molar refractivity (Wildman–Crippen MR) is 111 cm³/mol. The van der Waals surface area contributed by atoms with Gasteiger partial charge >= 0.3 is 0 Å². The first-order chi connectivity index (χ1) is 14.2. The number of aryl methyl sites for hydroxylation is 1. The van der Waals surface area contributed by atoms with Gasteiger partial charge in [-0.15, -0.1) is 0 Å². The van der Waals surface area contributed by atoms with E-state index in [0.717, 1.165) is 22.6 Å². The quantitative estimate of drug-likeness (QED) is 0.511. The Morgan fingerprint density at radius 2 is 1.97 bits per heavy atom. The molecule has 0 saturated heterocycles. The van der Waals surface area contributed by atoms with Crippen molar-refractivity contribution in [1.29, 1.82) is 0 Å². The summed E-state index contributed by atoms with van der Waals surface area (Å²) in [6.45, 7) is 5.59. The molecule has 0 atom stereocenters. The van der Waals surface area contributed by atoms with Crippen LogP contribution in [-0.4, -0.2) is 35.8 Å². The van der Waals surface area contributed by atoms with E-state index in [0.29, 0.717) is 50.7 Å². The number of rotatable bonds is 11. The lowest BCUT2D eigenvalue weighted by Crippen LogP contribution is -2.25. The molecule has 0 fully saturated rings. The van der Waals surface area contributed by atoms with Crippen LogP contribution in [-0.2, 0) is 17.6 Å². The standard InChI is InChI=1S/C21H25N3O4S/c1-3-26-17-6-5-15(13-18(17)27-4-2)9-11-22-19(25)7-8-20-23-21(24-28-20)16-10-12-29-14-16/h5-6,10,12-14H,3-4,7-9,11H2,1-2H3,(H,22,25). The fourth-order valence-electron chi connectivity index (χ4n) is 2.77. The lowest BCUT2D eigenvalue weighted by Gasteiger charge is -2.12. The molecule has 3 rings (SSSR count). The van der Waals surface area contributed by atoms with E-state index < -0.39 is 0 Å². The van der Waals surface area contributed by atoms with Gasteiger partial charge in [-0.2, -0.15) is 16.3 Å². The van der Waals surface area contributed by atoms with Crippen LogP contribution >= 0.6 is 11.3 Å². The van der Waals surface area contributed by atoms with Gasteiger partial charge in [0.05, 0.1) is 13.2 Å². The Bertz CT molecular complexity index is 909. The van der Waals surface area contributed by atoms with Crippen LogP contribution in [0.5, 0.6) is 11.5 Å². The third kappa shape index (κ3) is 6.05. The van der Waals surface area contributed by atoms with Gasteiger partial charge in [-0.3, -0.25) is 4.79 Å². The van der Waals surface area contributed by atoms with Crippen molar-refractivity contribution in [3.63, 3.8) is 0 Å². The second kappa shape index (κ2) is 10.6. The van der Waals surface area contributed by atoms with Crippen LogP contribution in [0.3, 0.4) is 0 Å². The zero-order valence-electron chi connectivity index (χ0n) is 16.6. The summed E-state index contributed by atoms with van der Waals surface area (Å²) in [5, 5.41) is 10.8. The minimum absolute atomic E-state index is 0.0451. The molecule has 0 radical (unpaired) electrons. The highest BCUT2D eigenvalue weighted by Gasteiger charge is 2.11.